The van der Waals surface area contributed by atoms with Crippen LogP contribution >= 0.6 is 0 Å². The Bertz CT molecular complexity index is 1000. The number of ether oxygens (including phenoxy) is 3. The highest BCUT2D eigenvalue weighted by Crippen LogP contribution is 2.45. The van der Waals surface area contributed by atoms with Gasteiger partial charge in [0.15, 0.2) is 0 Å². The second kappa shape index (κ2) is 8.92. The van der Waals surface area contributed by atoms with Crippen LogP contribution < -0.4 is 15.2 Å². The van der Waals surface area contributed by atoms with Crippen LogP contribution in [0.3, 0.4) is 0 Å². The van der Waals surface area contributed by atoms with Gasteiger partial charge >= 0.3 is 0 Å². The van der Waals surface area contributed by atoms with E-state index < -0.39 is 0 Å². The molecular formula is C23H25N3O4. The van der Waals surface area contributed by atoms with Crippen LogP contribution in [0.5, 0.6) is 11.5 Å². The molecule has 1 aliphatic heterocycles. The third kappa shape index (κ3) is 4.11. The molecule has 0 atom stereocenters. The molecule has 1 aliphatic rings. The Morgan fingerprint density at radius 2 is 1.47 bits per heavy atom. The lowest BCUT2D eigenvalue weighted by Gasteiger charge is -2.23. The molecule has 30 heavy (non-hydrogen) atoms. The zero-order valence-corrected chi connectivity index (χ0v) is 17.1. The number of nitrogens with two attached hydrogens (primary N) is 1. The van der Waals surface area contributed by atoms with Crippen molar-refractivity contribution in [3.63, 3.8) is 0 Å². The summed E-state index contributed by atoms with van der Waals surface area (Å²) in [5.74, 6) is 2.60. The molecule has 2 N–H and O–H groups in total. The molecule has 7 nitrogen and oxygen atoms in total. The van der Waals surface area contributed by atoms with Crippen LogP contribution in [-0.4, -0.2) is 51.8 Å². The first kappa shape index (κ1) is 19.8. The van der Waals surface area contributed by atoms with Gasteiger partial charge in [0, 0.05) is 18.7 Å². The van der Waals surface area contributed by atoms with Gasteiger partial charge in [-0.25, -0.2) is 4.99 Å². The predicted octanol–water partition coefficient (Wildman–Crippen LogP) is 4.21. The Hall–Kier alpha value is -3.45. The summed E-state index contributed by atoms with van der Waals surface area (Å²) in [5, 5.41) is 0. The lowest BCUT2D eigenvalue weighted by atomic mass is 10.0. The van der Waals surface area contributed by atoms with Gasteiger partial charge in [0.2, 0.25) is 5.88 Å². The van der Waals surface area contributed by atoms with E-state index >= 15 is 0 Å². The number of hydrogen-bond donors (Lipinski definition) is 1. The largest absolute Gasteiger partial charge is 0.497 e. The van der Waals surface area contributed by atoms with Crippen LogP contribution in [0.1, 0.15) is 0 Å². The minimum Gasteiger partial charge on any atom is -0.497 e. The smallest absolute Gasteiger partial charge is 0.244 e. The van der Waals surface area contributed by atoms with Crippen LogP contribution in [0, 0.1) is 0 Å². The van der Waals surface area contributed by atoms with Gasteiger partial charge < -0.3 is 29.3 Å². The van der Waals surface area contributed by atoms with Crippen molar-refractivity contribution in [1.82, 2.24) is 4.90 Å². The van der Waals surface area contributed by atoms with Crippen LogP contribution in [0.25, 0.3) is 22.5 Å². The van der Waals surface area contributed by atoms with Crippen molar-refractivity contribution in [2.75, 3.05) is 46.3 Å². The number of aliphatic imine (C=N–C) groups is 1. The maximum Gasteiger partial charge on any atom is 0.244 e. The van der Waals surface area contributed by atoms with Crippen LogP contribution in [0.4, 0.5) is 11.6 Å². The normalized spacial score (nSPS) is 14.3. The number of methoxy groups -OCH3 is 2. The van der Waals surface area contributed by atoms with Crippen molar-refractivity contribution < 1.29 is 18.6 Å². The lowest BCUT2D eigenvalue weighted by Crippen LogP contribution is -2.34. The van der Waals surface area contributed by atoms with Crippen LogP contribution in [0.2, 0.25) is 0 Å². The van der Waals surface area contributed by atoms with E-state index in [1.165, 1.54) is 0 Å². The van der Waals surface area contributed by atoms with Crippen molar-refractivity contribution in [3.8, 4) is 33.9 Å². The molecule has 0 aliphatic carbocycles. The average Bonchev–Trinajstić information content (AvgIpc) is 3.14. The Morgan fingerprint density at radius 3 is 2.03 bits per heavy atom. The number of hydrogen-bond acceptors (Lipinski definition) is 6. The monoisotopic (exact) mass is 407 g/mol. The summed E-state index contributed by atoms with van der Waals surface area (Å²) in [5.41, 5.74) is 9.62. The van der Waals surface area contributed by atoms with Crippen molar-refractivity contribution in [2.24, 2.45) is 4.99 Å². The number of anilines is 1. The molecular weight excluding hydrogens is 382 g/mol. The number of furan rings is 1. The summed E-state index contributed by atoms with van der Waals surface area (Å²) in [7, 11) is 3.28. The van der Waals surface area contributed by atoms with E-state index in [4.69, 9.17) is 24.4 Å². The molecule has 0 spiro atoms. The summed E-state index contributed by atoms with van der Waals surface area (Å²) < 4.78 is 22.1. The first-order valence-electron chi connectivity index (χ1n) is 9.76. The molecule has 1 fully saturated rings. The zero-order valence-electron chi connectivity index (χ0n) is 17.1. The summed E-state index contributed by atoms with van der Waals surface area (Å²) in [4.78, 5) is 6.62. The van der Waals surface area contributed by atoms with Gasteiger partial charge in [-0.3, -0.25) is 0 Å². The molecule has 156 valence electrons. The minimum absolute atomic E-state index is 0.387. The topological polar surface area (TPSA) is 82.5 Å². The highest BCUT2D eigenvalue weighted by molar-refractivity contribution is 5.93. The highest BCUT2D eigenvalue weighted by Gasteiger charge is 2.21. The summed E-state index contributed by atoms with van der Waals surface area (Å²) >= 11 is 0. The van der Waals surface area contributed by atoms with Crippen molar-refractivity contribution >= 4 is 17.9 Å². The molecule has 3 aromatic rings. The third-order valence-corrected chi connectivity index (χ3v) is 5.04. The highest BCUT2D eigenvalue weighted by atomic mass is 16.5. The Labute approximate surface area is 175 Å². The Kier molecular flexibility index (Phi) is 5.90. The van der Waals surface area contributed by atoms with E-state index in [2.05, 4.69) is 9.89 Å². The molecule has 4 rings (SSSR count). The van der Waals surface area contributed by atoms with Crippen LogP contribution in [-0.2, 0) is 4.74 Å². The molecule has 1 saturated heterocycles. The molecule has 1 aromatic heterocycles. The van der Waals surface area contributed by atoms with Gasteiger partial charge in [-0.2, -0.15) is 0 Å². The fraction of sp³-hybridized carbons (Fsp3) is 0.261. The van der Waals surface area contributed by atoms with E-state index in [1.54, 1.807) is 20.6 Å². The fourth-order valence-corrected chi connectivity index (χ4v) is 3.34. The summed E-state index contributed by atoms with van der Waals surface area (Å²) in [6.07, 6.45) is 1.77. The lowest BCUT2D eigenvalue weighted by molar-refractivity contribution is 0.0700. The van der Waals surface area contributed by atoms with Gasteiger partial charge in [-0.15, -0.1) is 0 Å². The molecule has 0 amide bonds. The van der Waals surface area contributed by atoms with Gasteiger partial charge in [0.1, 0.15) is 22.9 Å². The van der Waals surface area contributed by atoms with Gasteiger partial charge in [0.25, 0.3) is 0 Å². The average molecular weight is 407 g/mol. The predicted molar refractivity (Wildman–Crippen MR) is 118 cm³/mol. The number of nitrogens with zero attached hydrogens (tertiary/aromatic N) is 2. The summed E-state index contributed by atoms with van der Waals surface area (Å²) in [6, 6.07) is 15.4. The van der Waals surface area contributed by atoms with Crippen molar-refractivity contribution in [2.45, 2.75) is 0 Å². The van der Waals surface area contributed by atoms with E-state index in [9.17, 15) is 0 Å². The second-order valence-corrected chi connectivity index (χ2v) is 6.87. The van der Waals surface area contributed by atoms with E-state index in [1.807, 2.05) is 48.5 Å². The third-order valence-electron chi connectivity index (χ3n) is 5.04. The maximum atomic E-state index is 6.51. The van der Waals surface area contributed by atoms with E-state index in [-0.39, 0.29) is 0 Å². The number of morpholine rings is 1. The molecule has 7 heteroatoms. The number of rotatable bonds is 6. The minimum atomic E-state index is 0.387. The SMILES string of the molecule is COc1ccc(-c2oc(/N=C/N3CCOCC3)c(N)c2-c2ccc(OC)cc2)cc1. The molecule has 0 radical (unpaired) electrons. The van der Waals surface area contributed by atoms with Gasteiger partial charge in [-0.05, 0) is 42.0 Å². The molecule has 0 bridgehead atoms. The molecule has 0 unspecified atom stereocenters. The molecule has 0 saturated carbocycles. The van der Waals surface area contributed by atoms with Crippen molar-refractivity contribution in [1.29, 1.82) is 0 Å². The van der Waals surface area contributed by atoms with E-state index in [0.29, 0.717) is 30.5 Å². The first-order chi connectivity index (χ1) is 14.7. The molecule has 2 aromatic carbocycles. The van der Waals surface area contributed by atoms with Gasteiger partial charge in [0.05, 0.1) is 39.3 Å². The molecule has 2 heterocycles. The Morgan fingerprint density at radius 1 is 0.900 bits per heavy atom. The van der Waals surface area contributed by atoms with Crippen LogP contribution in [0.15, 0.2) is 57.9 Å². The van der Waals surface area contributed by atoms with Crippen molar-refractivity contribution in [3.05, 3.63) is 48.5 Å². The van der Waals surface area contributed by atoms with Gasteiger partial charge in [-0.1, -0.05) is 12.1 Å². The number of benzene rings is 2. The number of nitrogen functional groups attached to an aromatic ring is 1. The fourth-order valence-electron chi connectivity index (χ4n) is 3.34. The standard InChI is InChI=1S/C23H25N3O4/c1-27-18-7-3-16(4-8-18)20-21(24)23(25-15-26-11-13-29-14-12-26)30-22(20)17-5-9-19(28-2)10-6-17/h3-10,15H,11-14,24H2,1-2H3/b25-15+. The maximum absolute atomic E-state index is 6.51. The zero-order chi connectivity index (χ0) is 20.9. The quantitative estimate of drug-likeness (QED) is 0.487. The Balaban J connectivity index is 1.76. The van der Waals surface area contributed by atoms with E-state index in [0.717, 1.165) is 41.3 Å². The first-order valence-corrected chi connectivity index (χ1v) is 9.76. The second-order valence-electron chi connectivity index (χ2n) is 6.87. The summed E-state index contributed by atoms with van der Waals surface area (Å²) in [6.45, 7) is 2.96.